The van der Waals surface area contributed by atoms with E-state index in [-0.39, 0.29) is 12.2 Å². The summed E-state index contributed by atoms with van der Waals surface area (Å²) in [5.41, 5.74) is 1.47. The van der Waals surface area contributed by atoms with Gasteiger partial charge in [-0.2, -0.15) is 5.26 Å². The Balaban J connectivity index is 2.72. The van der Waals surface area contributed by atoms with Crippen molar-refractivity contribution < 1.29 is 9.13 Å². The highest BCUT2D eigenvalue weighted by Gasteiger charge is 2.10. The number of hydrogen-bond acceptors (Lipinski definition) is 2. The van der Waals surface area contributed by atoms with Crippen LogP contribution in [0.4, 0.5) is 4.39 Å². The van der Waals surface area contributed by atoms with Crippen LogP contribution in [-0.2, 0) is 6.42 Å². The number of halogens is 1. The van der Waals surface area contributed by atoms with Crippen LogP contribution in [0.5, 0.6) is 5.75 Å². The van der Waals surface area contributed by atoms with Gasteiger partial charge < -0.3 is 9.72 Å². The number of fused-ring (bicyclic) bond motifs is 1. The van der Waals surface area contributed by atoms with Crippen LogP contribution >= 0.6 is 0 Å². The minimum atomic E-state index is -0.357. The highest BCUT2D eigenvalue weighted by molar-refractivity contribution is 5.89. The maximum absolute atomic E-state index is 13.1. The SMILES string of the molecule is COc1cc(F)cc2[nH]cc(CC#N)c12. The van der Waals surface area contributed by atoms with Gasteiger partial charge in [0.05, 0.1) is 25.1 Å². The highest BCUT2D eigenvalue weighted by Crippen LogP contribution is 2.29. The Bertz CT molecular complexity index is 539. The lowest BCUT2D eigenvalue weighted by atomic mass is 10.1. The maximum atomic E-state index is 13.1. The van der Waals surface area contributed by atoms with E-state index in [4.69, 9.17) is 10.00 Å². The number of aromatic nitrogens is 1. The fraction of sp³-hybridized carbons (Fsp3) is 0.182. The molecule has 1 aromatic heterocycles. The van der Waals surface area contributed by atoms with Crippen LogP contribution in [0.1, 0.15) is 5.56 Å². The van der Waals surface area contributed by atoms with Gasteiger partial charge in [0.1, 0.15) is 11.6 Å². The topological polar surface area (TPSA) is 48.8 Å². The normalized spacial score (nSPS) is 10.2. The third-order valence-corrected chi connectivity index (χ3v) is 2.28. The lowest BCUT2D eigenvalue weighted by molar-refractivity contribution is 0.416. The molecule has 4 heteroatoms. The maximum Gasteiger partial charge on any atom is 0.131 e. The van der Waals surface area contributed by atoms with E-state index in [1.807, 2.05) is 0 Å². The molecule has 15 heavy (non-hydrogen) atoms. The first kappa shape index (κ1) is 9.53. The van der Waals surface area contributed by atoms with Crippen molar-refractivity contribution in [3.8, 4) is 11.8 Å². The number of benzene rings is 1. The Kier molecular flexibility index (Phi) is 2.30. The molecule has 0 aliphatic rings. The predicted octanol–water partition coefficient (Wildman–Crippen LogP) is 2.38. The largest absolute Gasteiger partial charge is 0.496 e. The van der Waals surface area contributed by atoms with Gasteiger partial charge >= 0.3 is 0 Å². The van der Waals surface area contributed by atoms with Crippen LogP contribution in [0.15, 0.2) is 18.3 Å². The average molecular weight is 204 g/mol. The molecular formula is C11H9FN2O. The molecule has 2 rings (SSSR count). The molecule has 0 unspecified atom stereocenters. The van der Waals surface area contributed by atoms with Crippen LogP contribution in [0.25, 0.3) is 10.9 Å². The Morgan fingerprint density at radius 3 is 3.00 bits per heavy atom. The molecule has 3 nitrogen and oxygen atoms in total. The standard InChI is InChI=1S/C11H9FN2O/c1-15-10-5-8(12)4-9-11(10)7(2-3-13)6-14-9/h4-6,14H,2H2,1H3. The van der Waals surface area contributed by atoms with Crippen molar-refractivity contribution in [2.75, 3.05) is 7.11 Å². The fourth-order valence-corrected chi connectivity index (χ4v) is 1.65. The van der Waals surface area contributed by atoms with Crippen molar-refractivity contribution in [2.45, 2.75) is 6.42 Å². The summed E-state index contributed by atoms with van der Waals surface area (Å²) in [6.07, 6.45) is 1.98. The van der Waals surface area contributed by atoms with Gasteiger partial charge in [0.2, 0.25) is 0 Å². The highest BCUT2D eigenvalue weighted by atomic mass is 19.1. The molecule has 0 fully saturated rings. The van der Waals surface area contributed by atoms with Crippen LogP contribution in [0.3, 0.4) is 0 Å². The summed E-state index contributed by atoms with van der Waals surface area (Å²) in [5, 5.41) is 9.42. The molecule has 0 spiro atoms. The molecule has 0 amide bonds. The molecule has 0 aliphatic heterocycles. The zero-order valence-electron chi connectivity index (χ0n) is 8.17. The number of aromatic amines is 1. The number of methoxy groups -OCH3 is 1. The number of rotatable bonds is 2. The molecular weight excluding hydrogens is 195 g/mol. The van der Waals surface area contributed by atoms with Crippen molar-refractivity contribution in [2.24, 2.45) is 0 Å². The van der Waals surface area contributed by atoms with Gasteiger partial charge in [-0.15, -0.1) is 0 Å². The molecule has 76 valence electrons. The Morgan fingerprint density at radius 1 is 1.53 bits per heavy atom. The van der Waals surface area contributed by atoms with Gasteiger partial charge in [-0.25, -0.2) is 4.39 Å². The van der Waals surface area contributed by atoms with Gasteiger partial charge in [-0.1, -0.05) is 0 Å². The van der Waals surface area contributed by atoms with Gasteiger partial charge in [-0.3, -0.25) is 0 Å². The van der Waals surface area contributed by atoms with Crippen LogP contribution < -0.4 is 4.74 Å². The van der Waals surface area contributed by atoms with Crippen molar-refractivity contribution in [1.82, 2.24) is 4.98 Å². The summed E-state index contributed by atoms with van der Waals surface area (Å²) < 4.78 is 18.2. The smallest absolute Gasteiger partial charge is 0.131 e. The number of nitriles is 1. The number of nitrogens with zero attached hydrogens (tertiary/aromatic N) is 1. The molecule has 1 N–H and O–H groups in total. The van der Waals surface area contributed by atoms with E-state index in [9.17, 15) is 4.39 Å². The van der Waals surface area contributed by atoms with Crippen molar-refractivity contribution in [3.05, 3.63) is 29.7 Å². The van der Waals surface area contributed by atoms with E-state index >= 15 is 0 Å². The summed E-state index contributed by atoms with van der Waals surface area (Å²) >= 11 is 0. The Hall–Kier alpha value is -2.02. The first-order valence-corrected chi connectivity index (χ1v) is 4.46. The van der Waals surface area contributed by atoms with E-state index in [0.717, 1.165) is 10.9 Å². The van der Waals surface area contributed by atoms with E-state index in [1.165, 1.54) is 19.2 Å². The minimum Gasteiger partial charge on any atom is -0.496 e. The summed E-state index contributed by atoms with van der Waals surface area (Å²) in [6, 6.07) is 4.76. The first-order chi connectivity index (χ1) is 7.26. The van der Waals surface area contributed by atoms with E-state index in [0.29, 0.717) is 11.3 Å². The molecule has 0 atom stereocenters. The number of nitrogens with one attached hydrogen (secondary N) is 1. The molecule has 0 saturated carbocycles. The van der Waals surface area contributed by atoms with Crippen molar-refractivity contribution in [3.63, 3.8) is 0 Å². The second kappa shape index (κ2) is 3.62. The molecule has 1 aromatic carbocycles. The first-order valence-electron chi connectivity index (χ1n) is 4.46. The van der Waals surface area contributed by atoms with Gasteiger partial charge in [-0.05, 0) is 11.6 Å². The lowest BCUT2D eigenvalue weighted by Crippen LogP contribution is -1.88. The molecule has 0 bridgehead atoms. The van der Waals surface area contributed by atoms with Gasteiger partial charge in [0.25, 0.3) is 0 Å². The van der Waals surface area contributed by atoms with E-state index in [2.05, 4.69) is 11.1 Å². The van der Waals surface area contributed by atoms with Crippen LogP contribution in [-0.4, -0.2) is 12.1 Å². The Morgan fingerprint density at radius 2 is 2.33 bits per heavy atom. The van der Waals surface area contributed by atoms with Gasteiger partial charge in [0.15, 0.2) is 0 Å². The van der Waals surface area contributed by atoms with Crippen LogP contribution in [0.2, 0.25) is 0 Å². The summed E-state index contributed by atoms with van der Waals surface area (Å²) in [6.45, 7) is 0. The number of ether oxygens (including phenoxy) is 1. The Labute approximate surface area is 86.1 Å². The average Bonchev–Trinajstić information content (AvgIpc) is 2.61. The zero-order valence-corrected chi connectivity index (χ0v) is 8.17. The third-order valence-electron chi connectivity index (χ3n) is 2.28. The molecule has 2 aromatic rings. The third kappa shape index (κ3) is 1.52. The summed E-state index contributed by atoms with van der Waals surface area (Å²) in [5.74, 6) is 0.0983. The zero-order chi connectivity index (χ0) is 10.8. The quantitative estimate of drug-likeness (QED) is 0.816. The lowest BCUT2D eigenvalue weighted by Gasteiger charge is -2.03. The van der Waals surface area contributed by atoms with Crippen LogP contribution in [0, 0.1) is 17.1 Å². The number of hydrogen-bond donors (Lipinski definition) is 1. The van der Waals surface area contributed by atoms with E-state index < -0.39 is 0 Å². The molecule has 0 saturated heterocycles. The van der Waals surface area contributed by atoms with Crippen molar-refractivity contribution >= 4 is 10.9 Å². The molecule has 0 aliphatic carbocycles. The van der Waals surface area contributed by atoms with Crippen molar-refractivity contribution in [1.29, 1.82) is 5.26 Å². The summed E-state index contributed by atoms with van der Waals surface area (Å²) in [7, 11) is 1.48. The second-order valence-electron chi connectivity index (χ2n) is 3.18. The molecule has 1 heterocycles. The van der Waals surface area contributed by atoms with E-state index in [1.54, 1.807) is 6.20 Å². The summed E-state index contributed by atoms with van der Waals surface area (Å²) in [4.78, 5) is 2.92. The fourth-order valence-electron chi connectivity index (χ4n) is 1.65. The molecule has 0 radical (unpaired) electrons. The second-order valence-corrected chi connectivity index (χ2v) is 3.18. The predicted molar refractivity (Wildman–Crippen MR) is 54.1 cm³/mol. The monoisotopic (exact) mass is 204 g/mol. The van der Waals surface area contributed by atoms with Gasteiger partial charge in [0, 0.05) is 17.6 Å². The number of H-pyrrole nitrogens is 1. The minimum absolute atomic E-state index is 0.280.